The molecule has 0 saturated carbocycles. The van der Waals surface area contributed by atoms with Gasteiger partial charge in [-0.1, -0.05) is 127 Å². The number of allylic oxidation sites excluding steroid dienone is 4. The number of carbonyl (C=O) groups excluding carboxylic acids is 4. The molecule has 0 fully saturated rings. The maximum absolute atomic E-state index is 13.7. The van der Waals surface area contributed by atoms with Crippen LogP contribution in [0.5, 0.6) is 23.0 Å². The fourth-order valence-electron chi connectivity index (χ4n) is 8.54. The highest BCUT2D eigenvalue weighted by Gasteiger charge is 2.33. The van der Waals surface area contributed by atoms with Crippen LogP contribution in [-0.4, -0.2) is 23.9 Å². The van der Waals surface area contributed by atoms with E-state index < -0.39 is 34.7 Å². The maximum atomic E-state index is 13.7. The number of rotatable bonds is 16. The fourth-order valence-corrected chi connectivity index (χ4v) is 8.54. The van der Waals surface area contributed by atoms with Crippen molar-refractivity contribution in [2.24, 2.45) is 11.8 Å². The Bertz CT molecular complexity index is 2300. The molecule has 59 heavy (non-hydrogen) atoms. The van der Waals surface area contributed by atoms with Crippen molar-refractivity contribution in [2.75, 3.05) is 0 Å². The molecule has 0 spiro atoms. The van der Waals surface area contributed by atoms with Gasteiger partial charge in [0.25, 0.3) is 0 Å². The van der Waals surface area contributed by atoms with E-state index in [0.717, 1.165) is 24.0 Å². The minimum Gasteiger partial charge on any atom is -0.426 e. The lowest BCUT2D eigenvalue weighted by Crippen LogP contribution is -2.22. The van der Waals surface area contributed by atoms with E-state index in [4.69, 9.17) is 18.9 Å². The van der Waals surface area contributed by atoms with Gasteiger partial charge < -0.3 is 18.9 Å². The van der Waals surface area contributed by atoms with Crippen LogP contribution in [0, 0.1) is 25.7 Å². The second-order valence-electron chi connectivity index (χ2n) is 18.1. The summed E-state index contributed by atoms with van der Waals surface area (Å²) in [7, 11) is 0. The minimum absolute atomic E-state index is 0.244. The van der Waals surface area contributed by atoms with E-state index in [1.54, 1.807) is 0 Å². The molecule has 0 unspecified atom stereocenters. The van der Waals surface area contributed by atoms with Crippen LogP contribution in [-0.2, 0) is 30.0 Å². The normalized spacial score (nSPS) is 12.7. The minimum atomic E-state index is -0.608. The monoisotopic (exact) mass is 804 g/mol. The first-order valence-electron chi connectivity index (χ1n) is 20.8. The summed E-state index contributed by atoms with van der Waals surface area (Å²) in [5.41, 5.74) is 4.20. The van der Waals surface area contributed by atoms with Crippen molar-refractivity contribution >= 4 is 45.4 Å². The topological polar surface area (TPSA) is 105 Å². The molecule has 0 bridgehead atoms. The standard InChI is InChI=1S/C51H64O8/c1-30(2)27-32(5)25-26-50(11,12)44-34(7)46(38-19-15-17-21-40(38)48(44)56-36(9)52)58-42(54)23-24-43(55)59-47-35(8)45(51(13,14)29-33(6)28-31(3)4)49(57-37(10)53)41-22-18-16-20-39(41)47/h15-22,25,29-31H,23-24,26-28H2,1-14H3/b32-25+,33-29+. The predicted molar refractivity (Wildman–Crippen MR) is 238 cm³/mol. The van der Waals surface area contributed by atoms with Crippen molar-refractivity contribution in [2.45, 2.75) is 140 Å². The summed E-state index contributed by atoms with van der Waals surface area (Å²) in [6.07, 6.45) is 6.46. The number of fused-ring (bicyclic) bond motifs is 2. The van der Waals surface area contributed by atoms with Crippen LogP contribution in [0.4, 0.5) is 0 Å². The molecule has 0 amide bonds. The van der Waals surface area contributed by atoms with E-state index in [1.807, 2.05) is 62.4 Å². The van der Waals surface area contributed by atoms with Gasteiger partial charge in [-0.15, -0.1) is 0 Å². The Kier molecular flexibility index (Phi) is 15.1. The van der Waals surface area contributed by atoms with Crippen LogP contribution in [0.25, 0.3) is 21.5 Å². The Hall–Kier alpha value is -5.24. The van der Waals surface area contributed by atoms with Crippen molar-refractivity contribution in [1.29, 1.82) is 0 Å². The molecule has 0 saturated heterocycles. The molecule has 4 rings (SSSR count). The van der Waals surface area contributed by atoms with Crippen molar-refractivity contribution < 1.29 is 38.1 Å². The summed E-state index contributed by atoms with van der Waals surface area (Å²) in [6, 6.07) is 14.8. The number of benzene rings is 4. The molecule has 4 aromatic rings. The number of hydrogen-bond donors (Lipinski definition) is 0. The van der Waals surface area contributed by atoms with Crippen LogP contribution in [0.15, 0.2) is 71.8 Å². The zero-order valence-electron chi connectivity index (χ0n) is 37.7. The summed E-state index contributed by atoms with van der Waals surface area (Å²) < 4.78 is 24.1. The first-order valence-corrected chi connectivity index (χ1v) is 20.8. The SMILES string of the molecule is CC(=O)Oc1c(C(C)(C)/C=C(\C)CC(C)C)c(C)c(OC(=O)CCC(=O)Oc2c(C)c(C(C)(C)C/C=C(\C)CC(C)C)c(OC(C)=O)c3ccccc23)c2ccccc12. The molecule has 8 nitrogen and oxygen atoms in total. The predicted octanol–water partition coefficient (Wildman–Crippen LogP) is 12.7. The van der Waals surface area contributed by atoms with Gasteiger partial charge in [0.1, 0.15) is 23.0 Å². The first kappa shape index (κ1) is 46.4. The summed E-state index contributed by atoms with van der Waals surface area (Å²) in [5, 5.41) is 2.51. The number of hydrogen-bond acceptors (Lipinski definition) is 8. The molecule has 0 atom stereocenters. The van der Waals surface area contributed by atoms with Gasteiger partial charge in [0.15, 0.2) is 0 Å². The molecule has 0 aliphatic rings. The Morgan fingerprint density at radius 3 is 1.34 bits per heavy atom. The van der Waals surface area contributed by atoms with Crippen molar-refractivity contribution in [3.8, 4) is 23.0 Å². The summed E-state index contributed by atoms with van der Waals surface area (Å²) in [4.78, 5) is 52.4. The molecule has 0 aliphatic heterocycles. The number of ether oxygens (including phenoxy) is 4. The van der Waals surface area contributed by atoms with Gasteiger partial charge in [-0.05, 0) is 69.8 Å². The molecule has 4 aromatic carbocycles. The molecular formula is C51H64O8. The highest BCUT2D eigenvalue weighted by atomic mass is 16.6. The fraction of sp³-hybridized carbons (Fsp3) is 0.451. The van der Waals surface area contributed by atoms with E-state index in [9.17, 15) is 19.2 Å². The first-order chi connectivity index (χ1) is 27.5. The van der Waals surface area contributed by atoms with E-state index in [0.29, 0.717) is 73.9 Å². The molecule has 0 heterocycles. The quantitative estimate of drug-likeness (QED) is 0.0626. The highest BCUT2D eigenvalue weighted by molar-refractivity contribution is 6.00. The molecular weight excluding hydrogens is 741 g/mol. The van der Waals surface area contributed by atoms with Crippen LogP contribution in [0.2, 0.25) is 0 Å². The van der Waals surface area contributed by atoms with E-state index >= 15 is 0 Å². The molecule has 0 aliphatic carbocycles. The summed E-state index contributed by atoms with van der Waals surface area (Å²) >= 11 is 0. The summed E-state index contributed by atoms with van der Waals surface area (Å²) in [5.74, 6) is 0.446. The second-order valence-corrected chi connectivity index (χ2v) is 18.1. The van der Waals surface area contributed by atoms with Gasteiger partial charge in [-0.25, -0.2) is 0 Å². The molecule has 8 heteroatoms. The molecule has 0 N–H and O–H groups in total. The van der Waals surface area contributed by atoms with Gasteiger partial charge in [-0.3, -0.25) is 19.2 Å². The Balaban J connectivity index is 1.71. The van der Waals surface area contributed by atoms with E-state index in [2.05, 4.69) is 81.4 Å². The number of esters is 4. The average Bonchev–Trinajstić information content (AvgIpc) is 3.11. The van der Waals surface area contributed by atoms with Crippen LogP contribution < -0.4 is 18.9 Å². The molecule has 0 radical (unpaired) electrons. The summed E-state index contributed by atoms with van der Waals surface area (Å²) in [6.45, 7) is 27.7. The van der Waals surface area contributed by atoms with Gasteiger partial charge in [0.2, 0.25) is 0 Å². The van der Waals surface area contributed by atoms with Gasteiger partial charge >= 0.3 is 23.9 Å². The van der Waals surface area contributed by atoms with Crippen molar-refractivity contribution in [3.05, 3.63) is 94.1 Å². The zero-order chi connectivity index (χ0) is 44.0. The lowest BCUT2D eigenvalue weighted by Gasteiger charge is -2.30. The third kappa shape index (κ3) is 11.5. The second kappa shape index (κ2) is 19.2. The highest BCUT2D eigenvalue weighted by Crippen LogP contribution is 2.49. The largest absolute Gasteiger partial charge is 0.426 e. The average molecular weight is 805 g/mol. The Morgan fingerprint density at radius 2 is 0.932 bits per heavy atom. The van der Waals surface area contributed by atoms with Crippen LogP contribution in [0.3, 0.4) is 0 Å². The molecule has 316 valence electrons. The smallest absolute Gasteiger partial charge is 0.311 e. The third-order valence-corrected chi connectivity index (χ3v) is 10.5. The Morgan fingerprint density at radius 1 is 0.559 bits per heavy atom. The van der Waals surface area contributed by atoms with Crippen molar-refractivity contribution in [1.82, 2.24) is 0 Å². The third-order valence-electron chi connectivity index (χ3n) is 10.5. The lowest BCUT2D eigenvalue weighted by atomic mass is 9.76. The number of carbonyl (C=O) groups is 4. The van der Waals surface area contributed by atoms with E-state index in [-0.39, 0.29) is 12.8 Å². The van der Waals surface area contributed by atoms with Crippen LogP contribution >= 0.6 is 0 Å². The van der Waals surface area contributed by atoms with Crippen LogP contribution in [0.1, 0.15) is 137 Å². The molecule has 0 aromatic heterocycles. The zero-order valence-corrected chi connectivity index (χ0v) is 37.7. The van der Waals surface area contributed by atoms with E-state index in [1.165, 1.54) is 25.0 Å². The van der Waals surface area contributed by atoms with Gasteiger partial charge in [0, 0.05) is 57.5 Å². The lowest BCUT2D eigenvalue weighted by molar-refractivity contribution is -0.140. The van der Waals surface area contributed by atoms with Gasteiger partial charge in [0.05, 0.1) is 12.8 Å². The van der Waals surface area contributed by atoms with Gasteiger partial charge in [-0.2, -0.15) is 0 Å². The van der Waals surface area contributed by atoms with Crippen molar-refractivity contribution in [3.63, 3.8) is 0 Å². The Labute approximate surface area is 351 Å². The maximum Gasteiger partial charge on any atom is 0.311 e.